The fraction of sp³-hybridized carbons (Fsp3) is 0.115. The third-order valence-electron chi connectivity index (χ3n) is 5.55. The molecule has 0 aliphatic carbocycles. The van der Waals surface area contributed by atoms with Crippen molar-refractivity contribution in [1.29, 1.82) is 0 Å². The van der Waals surface area contributed by atoms with Crippen molar-refractivity contribution in [2.45, 2.75) is 20.4 Å². The molecule has 7 heteroatoms. The van der Waals surface area contributed by atoms with Gasteiger partial charge in [-0.05, 0) is 67.9 Å². The zero-order chi connectivity index (χ0) is 23.1. The first-order chi connectivity index (χ1) is 15.9. The van der Waals surface area contributed by atoms with Gasteiger partial charge in [0.25, 0.3) is 0 Å². The summed E-state index contributed by atoms with van der Waals surface area (Å²) in [6.45, 7) is 3.64. The highest BCUT2D eigenvalue weighted by Gasteiger charge is 2.14. The summed E-state index contributed by atoms with van der Waals surface area (Å²) in [4.78, 5) is 29.6. The van der Waals surface area contributed by atoms with Crippen LogP contribution in [0.2, 0.25) is 0 Å². The number of thiazole rings is 1. The summed E-state index contributed by atoms with van der Waals surface area (Å²) in [6.07, 6.45) is 0. The van der Waals surface area contributed by atoms with Gasteiger partial charge in [-0.15, -0.1) is 11.3 Å². The van der Waals surface area contributed by atoms with E-state index in [1.807, 2.05) is 36.4 Å². The van der Waals surface area contributed by atoms with Crippen molar-refractivity contribution in [3.63, 3.8) is 0 Å². The van der Waals surface area contributed by atoms with Gasteiger partial charge in [0.15, 0.2) is 5.43 Å². The second kappa shape index (κ2) is 8.26. The molecule has 1 amide bonds. The molecule has 0 unspecified atom stereocenters. The third-order valence-corrected chi connectivity index (χ3v) is 6.62. The molecule has 0 saturated heterocycles. The maximum Gasteiger partial charge on any atom is 0.244 e. The number of aryl methyl sites for hydroxylation is 2. The molecule has 5 aromatic rings. The van der Waals surface area contributed by atoms with Crippen LogP contribution in [0.25, 0.3) is 31.7 Å². The quantitative estimate of drug-likeness (QED) is 0.378. The lowest BCUT2D eigenvalue weighted by Crippen LogP contribution is -2.22. The monoisotopic (exact) mass is 457 g/mol. The minimum Gasteiger partial charge on any atom is -0.333 e. The van der Waals surface area contributed by atoms with Crippen LogP contribution in [0.15, 0.2) is 71.5 Å². The Bertz CT molecular complexity index is 1590. The molecule has 0 aliphatic rings. The highest BCUT2D eigenvalue weighted by Crippen LogP contribution is 2.31. The van der Waals surface area contributed by atoms with E-state index < -0.39 is 5.82 Å². The van der Waals surface area contributed by atoms with Gasteiger partial charge in [0.05, 0.1) is 15.7 Å². The van der Waals surface area contributed by atoms with Gasteiger partial charge in [-0.2, -0.15) is 0 Å². The van der Waals surface area contributed by atoms with E-state index in [9.17, 15) is 14.0 Å². The van der Waals surface area contributed by atoms with Crippen LogP contribution in [0, 0.1) is 19.7 Å². The van der Waals surface area contributed by atoms with Crippen molar-refractivity contribution in [2.24, 2.45) is 0 Å². The van der Waals surface area contributed by atoms with E-state index in [-0.39, 0.29) is 28.8 Å². The smallest absolute Gasteiger partial charge is 0.244 e. The van der Waals surface area contributed by atoms with Gasteiger partial charge in [-0.25, -0.2) is 9.37 Å². The minimum absolute atomic E-state index is 0.109. The summed E-state index contributed by atoms with van der Waals surface area (Å²) in [5.74, 6) is -0.842. The molecular formula is C26H20FN3O2S. The third kappa shape index (κ3) is 4.03. The molecule has 0 spiro atoms. The summed E-state index contributed by atoms with van der Waals surface area (Å²) in [5.41, 5.74) is 4.16. The predicted octanol–water partition coefficient (Wildman–Crippen LogP) is 5.67. The number of pyridine rings is 1. The number of hydrogen-bond donors (Lipinski definition) is 1. The molecule has 0 radical (unpaired) electrons. The standard InChI is InChI=1S/C26H20FN3O2S/c1-15-6-11-21-23(12-15)33-26(29-21)17-7-9-18(10-8-17)28-24(32)14-30-16(2)13-22(31)19-4-3-5-20(27)25(19)30/h3-13H,14H2,1-2H3,(H,28,32). The van der Waals surface area contributed by atoms with Crippen LogP contribution in [0.4, 0.5) is 10.1 Å². The van der Waals surface area contributed by atoms with Crippen LogP contribution in [0.1, 0.15) is 11.3 Å². The van der Waals surface area contributed by atoms with Gasteiger partial charge < -0.3 is 9.88 Å². The normalized spacial score (nSPS) is 11.2. The lowest BCUT2D eigenvalue weighted by Gasteiger charge is -2.15. The van der Waals surface area contributed by atoms with Gasteiger partial charge in [0.2, 0.25) is 5.91 Å². The van der Waals surface area contributed by atoms with Gasteiger partial charge in [0, 0.05) is 28.4 Å². The number of rotatable bonds is 4. The van der Waals surface area contributed by atoms with Gasteiger partial charge in [-0.3, -0.25) is 9.59 Å². The molecule has 1 N–H and O–H groups in total. The number of nitrogens with one attached hydrogen (secondary N) is 1. The molecule has 2 aromatic heterocycles. The van der Waals surface area contributed by atoms with Crippen LogP contribution in [0.5, 0.6) is 0 Å². The summed E-state index contributed by atoms with van der Waals surface area (Å²) in [6, 6.07) is 19.4. The molecule has 0 atom stereocenters. The number of amides is 1. The van der Waals surface area contributed by atoms with Gasteiger partial charge >= 0.3 is 0 Å². The van der Waals surface area contributed by atoms with E-state index in [0.717, 1.165) is 20.8 Å². The Kier molecular flexibility index (Phi) is 5.26. The largest absolute Gasteiger partial charge is 0.333 e. The second-order valence-corrected chi connectivity index (χ2v) is 9.02. The lowest BCUT2D eigenvalue weighted by molar-refractivity contribution is -0.116. The fourth-order valence-corrected chi connectivity index (χ4v) is 4.98. The van der Waals surface area contributed by atoms with E-state index in [0.29, 0.717) is 11.4 Å². The topological polar surface area (TPSA) is 64.0 Å². The van der Waals surface area contributed by atoms with Crippen LogP contribution >= 0.6 is 11.3 Å². The minimum atomic E-state index is -0.531. The zero-order valence-corrected chi connectivity index (χ0v) is 18.9. The fourth-order valence-electron chi connectivity index (χ4n) is 3.91. The molecule has 2 heterocycles. The maximum absolute atomic E-state index is 14.5. The van der Waals surface area contributed by atoms with Crippen LogP contribution in [0.3, 0.4) is 0 Å². The molecule has 0 bridgehead atoms. The van der Waals surface area contributed by atoms with Crippen molar-refractivity contribution >= 4 is 44.1 Å². The van der Waals surface area contributed by atoms with Crippen molar-refractivity contribution in [1.82, 2.24) is 9.55 Å². The average molecular weight is 458 g/mol. The Labute approximate surface area is 193 Å². The Balaban J connectivity index is 1.37. The number of fused-ring (bicyclic) bond motifs is 2. The number of carbonyl (C=O) groups excluding carboxylic acids is 1. The molecule has 3 aromatic carbocycles. The van der Waals surface area contributed by atoms with Gasteiger partial charge in [-0.1, -0.05) is 12.1 Å². The summed E-state index contributed by atoms with van der Waals surface area (Å²) >= 11 is 1.63. The van der Waals surface area contributed by atoms with Crippen molar-refractivity contribution < 1.29 is 9.18 Å². The number of nitrogens with zero attached hydrogens (tertiary/aromatic N) is 2. The molecule has 164 valence electrons. The van der Waals surface area contributed by atoms with E-state index in [4.69, 9.17) is 4.98 Å². The highest BCUT2D eigenvalue weighted by molar-refractivity contribution is 7.21. The number of aromatic nitrogens is 2. The zero-order valence-electron chi connectivity index (χ0n) is 18.1. The first-order valence-corrected chi connectivity index (χ1v) is 11.3. The number of anilines is 1. The van der Waals surface area contributed by atoms with E-state index in [2.05, 4.69) is 18.3 Å². The second-order valence-electron chi connectivity index (χ2n) is 7.99. The molecule has 33 heavy (non-hydrogen) atoms. The number of para-hydroxylation sites is 1. The first-order valence-electron chi connectivity index (χ1n) is 10.5. The molecular weight excluding hydrogens is 437 g/mol. The van der Waals surface area contributed by atoms with E-state index in [1.54, 1.807) is 24.3 Å². The molecule has 0 fully saturated rings. The number of benzene rings is 3. The van der Waals surface area contributed by atoms with Crippen LogP contribution < -0.4 is 10.7 Å². The molecule has 0 aliphatic heterocycles. The van der Waals surface area contributed by atoms with Crippen molar-refractivity contribution in [3.05, 3.63) is 94.0 Å². The molecule has 0 saturated carbocycles. The summed E-state index contributed by atoms with van der Waals surface area (Å²) in [7, 11) is 0. The Morgan fingerprint density at radius 3 is 2.64 bits per heavy atom. The van der Waals surface area contributed by atoms with Crippen molar-refractivity contribution in [3.8, 4) is 10.6 Å². The predicted molar refractivity (Wildman–Crippen MR) is 131 cm³/mol. The SMILES string of the molecule is Cc1ccc2nc(-c3ccc(NC(=O)Cn4c(C)cc(=O)c5cccc(F)c54)cc3)sc2c1. The number of halogens is 1. The number of hydrogen-bond acceptors (Lipinski definition) is 4. The van der Waals surface area contributed by atoms with E-state index in [1.165, 1.54) is 28.3 Å². The Morgan fingerprint density at radius 1 is 1.06 bits per heavy atom. The lowest BCUT2D eigenvalue weighted by atomic mass is 10.1. The summed E-state index contributed by atoms with van der Waals surface area (Å²) in [5, 5.41) is 4.02. The average Bonchev–Trinajstić information content (AvgIpc) is 3.20. The Morgan fingerprint density at radius 2 is 1.85 bits per heavy atom. The van der Waals surface area contributed by atoms with E-state index >= 15 is 0 Å². The van der Waals surface area contributed by atoms with Crippen molar-refractivity contribution in [2.75, 3.05) is 5.32 Å². The Hall–Kier alpha value is -3.84. The summed E-state index contributed by atoms with van der Waals surface area (Å²) < 4.78 is 17.2. The first kappa shape index (κ1) is 21.0. The van der Waals surface area contributed by atoms with Crippen LogP contribution in [-0.4, -0.2) is 15.5 Å². The molecule has 5 nitrogen and oxygen atoms in total. The molecule has 5 rings (SSSR count). The number of carbonyl (C=O) groups is 1. The maximum atomic E-state index is 14.5. The van der Waals surface area contributed by atoms with Gasteiger partial charge in [0.1, 0.15) is 17.4 Å². The van der Waals surface area contributed by atoms with Crippen LogP contribution in [-0.2, 0) is 11.3 Å². The highest BCUT2D eigenvalue weighted by atomic mass is 32.1.